The van der Waals surface area contributed by atoms with Gasteiger partial charge in [-0.25, -0.2) is 19.2 Å². The number of esters is 4. The van der Waals surface area contributed by atoms with Gasteiger partial charge in [-0.2, -0.15) is 0 Å². The molecule has 3 aromatic carbocycles. The van der Waals surface area contributed by atoms with E-state index < -0.39 is 23.9 Å². The van der Waals surface area contributed by atoms with Gasteiger partial charge in [-0.3, -0.25) is 0 Å². The van der Waals surface area contributed by atoms with E-state index in [1.165, 1.54) is 25.3 Å². The topological polar surface area (TPSA) is 105 Å². The fourth-order valence-corrected chi connectivity index (χ4v) is 3.27. The van der Waals surface area contributed by atoms with Gasteiger partial charge in [-0.15, -0.1) is 0 Å². The third kappa shape index (κ3) is 7.39. The van der Waals surface area contributed by atoms with Gasteiger partial charge in [0, 0.05) is 0 Å². The van der Waals surface area contributed by atoms with Crippen molar-refractivity contribution in [2.24, 2.45) is 5.41 Å². The van der Waals surface area contributed by atoms with Crippen LogP contribution in [0, 0.1) is 5.41 Å². The zero-order chi connectivity index (χ0) is 27.0. The Morgan fingerprint density at radius 2 is 1.11 bits per heavy atom. The molecule has 0 fully saturated rings. The summed E-state index contributed by atoms with van der Waals surface area (Å²) in [6.07, 6.45) is 0.893. The molecule has 0 aliphatic heterocycles. The number of hydrogen-bond acceptors (Lipinski definition) is 8. The van der Waals surface area contributed by atoms with Gasteiger partial charge in [0.25, 0.3) is 0 Å². The molecule has 0 spiro atoms. The second-order valence-electron chi connectivity index (χ2n) is 9.21. The van der Waals surface area contributed by atoms with Gasteiger partial charge in [0.15, 0.2) is 0 Å². The van der Waals surface area contributed by atoms with Crippen molar-refractivity contribution < 1.29 is 38.1 Å². The number of carbonyl (C=O) groups excluding carboxylic acids is 4. The van der Waals surface area contributed by atoms with Crippen LogP contribution in [0.25, 0.3) is 10.8 Å². The maximum atomic E-state index is 12.5. The molecular weight excluding hydrogens is 476 g/mol. The second kappa shape index (κ2) is 12.2. The maximum Gasteiger partial charge on any atom is 0.338 e. The summed E-state index contributed by atoms with van der Waals surface area (Å²) in [4.78, 5) is 48.7. The SMILES string of the molecule is CCC(C)(C)COC(=O)c1ccc2cc(C(=O)OCCOC(=O)c3cccc(C(=O)OC)c3)ccc2c1. The van der Waals surface area contributed by atoms with E-state index in [0.717, 1.165) is 17.2 Å². The molecular formula is C29H30O8. The molecule has 37 heavy (non-hydrogen) atoms. The average Bonchev–Trinajstić information content (AvgIpc) is 2.92. The summed E-state index contributed by atoms with van der Waals surface area (Å²) in [5, 5.41) is 1.54. The molecule has 3 aromatic rings. The van der Waals surface area contributed by atoms with Gasteiger partial charge in [-0.1, -0.05) is 39.0 Å². The average molecular weight is 507 g/mol. The number of carbonyl (C=O) groups is 4. The standard InChI is InChI=1S/C29H30O8/c1-5-29(2,3)18-37-28(33)24-12-10-19-15-23(11-9-20(19)16-24)27(32)36-14-13-35-26(31)22-8-6-7-21(17-22)25(30)34-4/h6-12,15-17H,5,13-14,18H2,1-4H3. The van der Waals surface area contributed by atoms with Gasteiger partial charge >= 0.3 is 23.9 Å². The first kappa shape index (κ1) is 27.4. The number of rotatable bonds is 10. The molecule has 8 heteroatoms. The summed E-state index contributed by atoms with van der Waals surface area (Å²) >= 11 is 0. The Hall–Kier alpha value is -4.20. The quantitative estimate of drug-likeness (QED) is 0.209. The highest BCUT2D eigenvalue weighted by Gasteiger charge is 2.19. The Bertz CT molecular complexity index is 1310. The Labute approximate surface area is 215 Å². The Morgan fingerprint density at radius 1 is 0.649 bits per heavy atom. The first-order valence-electron chi connectivity index (χ1n) is 11.9. The van der Waals surface area contributed by atoms with Crippen molar-refractivity contribution in [1.29, 1.82) is 0 Å². The molecule has 0 atom stereocenters. The minimum absolute atomic E-state index is 0.0876. The lowest BCUT2D eigenvalue weighted by molar-refractivity contribution is 0.0265. The number of methoxy groups -OCH3 is 1. The highest BCUT2D eigenvalue weighted by Crippen LogP contribution is 2.22. The predicted octanol–water partition coefficient (Wildman–Crippen LogP) is 5.23. The lowest BCUT2D eigenvalue weighted by atomic mass is 9.92. The normalized spacial score (nSPS) is 11.0. The van der Waals surface area contributed by atoms with Crippen molar-refractivity contribution >= 4 is 34.6 Å². The van der Waals surface area contributed by atoms with E-state index >= 15 is 0 Å². The van der Waals surface area contributed by atoms with Crippen molar-refractivity contribution in [3.63, 3.8) is 0 Å². The number of benzene rings is 3. The Balaban J connectivity index is 1.53. The first-order valence-corrected chi connectivity index (χ1v) is 11.9. The molecule has 0 bridgehead atoms. The van der Waals surface area contributed by atoms with E-state index in [4.69, 9.17) is 14.2 Å². The molecule has 0 N–H and O–H groups in total. The highest BCUT2D eigenvalue weighted by molar-refractivity contribution is 5.99. The fourth-order valence-electron chi connectivity index (χ4n) is 3.27. The van der Waals surface area contributed by atoms with Crippen molar-refractivity contribution in [1.82, 2.24) is 0 Å². The lowest BCUT2D eigenvalue weighted by Crippen LogP contribution is -2.21. The lowest BCUT2D eigenvalue weighted by Gasteiger charge is -2.21. The van der Waals surface area contributed by atoms with Crippen molar-refractivity contribution in [3.05, 3.63) is 82.9 Å². The van der Waals surface area contributed by atoms with Gasteiger partial charge in [0.05, 0.1) is 36.0 Å². The van der Waals surface area contributed by atoms with Crippen LogP contribution in [0.5, 0.6) is 0 Å². The summed E-state index contributed by atoms with van der Waals surface area (Å²) in [7, 11) is 1.25. The van der Waals surface area contributed by atoms with Crippen molar-refractivity contribution in [2.45, 2.75) is 27.2 Å². The van der Waals surface area contributed by atoms with Gasteiger partial charge in [0.2, 0.25) is 0 Å². The number of hydrogen-bond donors (Lipinski definition) is 0. The van der Waals surface area contributed by atoms with Crippen molar-refractivity contribution in [3.8, 4) is 0 Å². The van der Waals surface area contributed by atoms with Crippen LogP contribution in [-0.4, -0.2) is 50.8 Å². The third-order valence-corrected chi connectivity index (χ3v) is 5.93. The minimum atomic E-state index is -0.653. The molecule has 0 saturated carbocycles. The maximum absolute atomic E-state index is 12.5. The monoisotopic (exact) mass is 506 g/mol. The summed E-state index contributed by atoms with van der Waals surface area (Å²) in [6.45, 7) is 6.17. The van der Waals surface area contributed by atoms with Crippen LogP contribution in [0.4, 0.5) is 0 Å². The smallest absolute Gasteiger partial charge is 0.338 e. The van der Waals surface area contributed by atoms with Crippen LogP contribution in [0.15, 0.2) is 60.7 Å². The van der Waals surface area contributed by atoms with E-state index in [9.17, 15) is 19.2 Å². The van der Waals surface area contributed by atoms with Crippen molar-refractivity contribution in [2.75, 3.05) is 26.9 Å². The van der Waals surface area contributed by atoms with Gasteiger partial charge < -0.3 is 18.9 Å². The van der Waals surface area contributed by atoms with E-state index in [1.54, 1.807) is 42.5 Å². The largest absolute Gasteiger partial charge is 0.465 e. The molecule has 0 aliphatic carbocycles. The molecule has 194 valence electrons. The first-order chi connectivity index (χ1) is 17.6. The summed E-state index contributed by atoms with van der Waals surface area (Å²) < 4.78 is 20.4. The van der Waals surface area contributed by atoms with Gasteiger partial charge in [-0.05, 0) is 65.1 Å². The highest BCUT2D eigenvalue weighted by atomic mass is 16.6. The summed E-state index contributed by atoms with van der Waals surface area (Å²) in [5.74, 6) is -2.18. The molecule has 0 heterocycles. The molecule has 0 aliphatic rings. The zero-order valence-corrected chi connectivity index (χ0v) is 21.4. The van der Waals surface area contributed by atoms with Crippen LogP contribution >= 0.6 is 0 Å². The Morgan fingerprint density at radius 3 is 1.59 bits per heavy atom. The van der Waals surface area contributed by atoms with E-state index in [2.05, 4.69) is 4.74 Å². The molecule has 0 unspecified atom stereocenters. The summed E-state index contributed by atoms with van der Waals surface area (Å²) in [5.41, 5.74) is 1.08. The zero-order valence-electron chi connectivity index (χ0n) is 21.4. The number of ether oxygens (including phenoxy) is 4. The molecule has 0 aromatic heterocycles. The van der Waals surface area contributed by atoms with Gasteiger partial charge in [0.1, 0.15) is 13.2 Å². The van der Waals surface area contributed by atoms with Crippen LogP contribution in [-0.2, 0) is 18.9 Å². The fraction of sp³-hybridized carbons (Fsp3) is 0.310. The van der Waals surface area contributed by atoms with Crippen LogP contribution in [0.1, 0.15) is 68.6 Å². The van der Waals surface area contributed by atoms with Crippen LogP contribution < -0.4 is 0 Å². The summed E-state index contributed by atoms with van der Waals surface area (Å²) in [6, 6.07) is 16.1. The molecule has 0 saturated heterocycles. The second-order valence-corrected chi connectivity index (χ2v) is 9.21. The number of fused-ring (bicyclic) bond motifs is 1. The third-order valence-electron chi connectivity index (χ3n) is 5.93. The molecule has 0 radical (unpaired) electrons. The molecule has 0 amide bonds. The predicted molar refractivity (Wildman–Crippen MR) is 137 cm³/mol. The van der Waals surface area contributed by atoms with E-state index in [0.29, 0.717) is 17.7 Å². The van der Waals surface area contributed by atoms with E-state index in [1.807, 2.05) is 20.8 Å². The molecule has 8 nitrogen and oxygen atoms in total. The van der Waals surface area contributed by atoms with Crippen LogP contribution in [0.2, 0.25) is 0 Å². The van der Waals surface area contributed by atoms with E-state index in [-0.39, 0.29) is 29.8 Å². The minimum Gasteiger partial charge on any atom is -0.465 e. The Kier molecular flexibility index (Phi) is 9.00. The van der Waals surface area contributed by atoms with Crippen LogP contribution in [0.3, 0.4) is 0 Å². The molecule has 3 rings (SSSR count).